The van der Waals surface area contributed by atoms with Gasteiger partial charge in [-0.3, -0.25) is 4.98 Å². The molecule has 1 unspecified atom stereocenters. The summed E-state index contributed by atoms with van der Waals surface area (Å²) >= 11 is 5.85. The topological polar surface area (TPSA) is 47.0 Å². The van der Waals surface area contributed by atoms with Crippen LogP contribution in [0.5, 0.6) is 5.88 Å². The summed E-state index contributed by atoms with van der Waals surface area (Å²) in [6.07, 6.45) is 3.15. The van der Waals surface area contributed by atoms with Crippen molar-refractivity contribution in [2.24, 2.45) is 0 Å². The predicted octanol–water partition coefficient (Wildman–Crippen LogP) is 2.98. The van der Waals surface area contributed by atoms with Gasteiger partial charge in [-0.2, -0.15) is 0 Å². The second-order valence-electron chi connectivity index (χ2n) is 4.12. The molecule has 0 saturated heterocycles. The van der Waals surface area contributed by atoms with Crippen molar-refractivity contribution in [3.63, 3.8) is 0 Å². The van der Waals surface area contributed by atoms with Gasteiger partial charge in [-0.05, 0) is 24.2 Å². The molecule has 0 fully saturated rings. The molecule has 1 aromatic carbocycles. The van der Waals surface area contributed by atoms with E-state index in [0.717, 1.165) is 5.56 Å². The zero-order valence-electron chi connectivity index (χ0n) is 11.2. The van der Waals surface area contributed by atoms with Crippen LogP contribution in [0.4, 0.5) is 4.39 Å². The summed E-state index contributed by atoms with van der Waals surface area (Å²) in [6, 6.07) is 4.33. The highest BCUT2D eigenvalue weighted by Crippen LogP contribution is 2.28. The molecule has 106 valence electrons. The number of hydrogen-bond acceptors (Lipinski definition) is 4. The van der Waals surface area contributed by atoms with Crippen LogP contribution < -0.4 is 10.1 Å². The van der Waals surface area contributed by atoms with E-state index in [2.05, 4.69) is 15.3 Å². The van der Waals surface area contributed by atoms with Crippen LogP contribution in [0.2, 0.25) is 5.02 Å². The van der Waals surface area contributed by atoms with E-state index in [0.29, 0.717) is 18.1 Å². The first-order chi connectivity index (χ1) is 9.67. The molecule has 0 aliphatic heterocycles. The largest absolute Gasteiger partial charge is 0.480 e. The van der Waals surface area contributed by atoms with Gasteiger partial charge in [-0.15, -0.1) is 0 Å². The van der Waals surface area contributed by atoms with E-state index in [1.807, 2.05) is 6.92 Å². The SMILES string of the molecule is CCNC(c1ccc(F)c(Cl)c1)c1nccnc1OC. The minimum atomic E-state index is -0.447. The number of benzene rings is 1. The highest BCUT2D eigenvalue weighted by molar-refractivity contribution is 6.30. The normalized spacial score (nSPS) is 12.2. The van der Waals surface area contributed by atoms with E-state index in [4.69, 9.17) is 16.3 Å². The van der Waals surface area contributed by atoms with Crippen molar-refractivity contribution in [2.45, 2.75) is 13.0 Å². The summed E-state index contributed by atoms with van der Waals surface area (Å²) in [7, 11) is 1.54. The molecule has 6 heteroatoms. The van der Waals surface area contributed by atoms with E-state index in [-0.39, 0.29) is 11.1 Å². The molecule has 1 aromatic heterocycles. The minimum absolute atomic E-state index is 0.0771. The van der Waals surface area contributed by atoms with Crippen molar-refractivity contribution >= 4 is 11.6 Å². The maximum Gasteiger partial charge on any atom is 0.237 e. The van der Waals surface area contributed by atoms with Crippen LogP contribution in [-0.2, 0) is 0 Å². The highest BCUT2D eigenvalue weighted by atomic mass is 35.5. The van der Waals surface area contributed by atoms with Crippen molar-refractivity contribution < 1.29 is 9.13 Å². The van der Waals surface area contributed by atoms with Crippen molar-refractivity contribution in [1.82, 2.24) is 15.3 Å². The average Bonchev–Trinajstić information content (AvgIpc) is 2.48. The zero-order chi connectivity index (χ0) is 14.5. The Labute approximate surface area is 122 Å². The molecule has 0 amide bonds. The average molecular weight is 296 g/mol. The molecule has 0 aliphatic rings. The van der Waals surface area contributed by atoms with E-state index < -0.39 is 5.82 Å². The van der Waals surface area contributed by atoms with Gasteiger partial charge in [0.2, 0.25) is 5.88 Å². The fraction of sp³-hybridized carbons (Fsp3) is 0.286. The van der Waals surface area contributed by atoms with Gasteiger partial charge in [0.15, 0.2) is 0 Å². The summed E-state index contributed by atoms with van der Waals surface area (Å²) in [4.78, 5) is 8.44. The van der Waals surface area contributed by atoms with Crippen molar-refractivity contribution in [1.29, 1.82) is 0 Å². The third-order valence-corrected chi connectivity index (χ3v) is 3.13. The lowest BCUT2D eigenvalue weighted by molar-refractivity contribution is 0.383. The van der Waals surface area contributed by atoms with Crippen LogP contribution in [0.25, 0.3) is 0 Å². The summed E-state index contributed by atoms with van der Waals surface area (Å²) < 4.78 is 18.5. The molecule has 20 heavy (non-hydrogen) atoms. The molecular weight excluding hydrogens is 281 g/mol. The molecule has 1 N–H and O–H groups in total. The number of nitrogens with one attached hydrogen (secondary N) is 1. The molecule has 1 heterocycles. The van der Waals surface area contributed by atoms with Gasteiger partial charge >= 0.3 is 0 Å². The van der Waals surface area contributed by atoms with Gasteiger partial charge in [0, 0.05) is 12.4 Å². The first-order valence-corrected chi connectivity index (χ1v) is 6.58. The summed E-state index contributed by atoms with van der Waals surface area (Å²) in [5.41, 5.74) is 1.44. The predicted molar refractivity (Wildman–Crippen MR) is 75.5 cm³/mol. The maximum atomic E-state index is 13.3. The Morgan fingerprint density at radius 3 is 2.75 bits per heavy atom. The first-order valence-electron chi connectivity index (χ1n) is 6.20. The maximum absolute atomic E-state index is 13.3. The molecule has 0 radical (unpaired) electrons. The zero-order valence-corrected chi connectivity index (χ0v) is 12.0. The van der Waals surface area contributed by atoms with Gasteiger partial charge in [-0.1, -0.05) is 24.6 Å². The fourth-order valence-electron chi connectivity index (χ4n) is 1.96. The van der Waals surface area contributed by atoms with E-state index >= 15 is 0 Å². The molecule has 0 saturated carbocycles. The molecule has 2 aromatic rings. The van der Waals surface area contributed by atoms with Crippen LogP contribution in [0.3, 0.4) is 0 Å². The van der Waals surface area contributed by atoms with Gasteiger partial charge in [0.05, 0.1) is 18.2 Å². The van der Waals surface area contributed by atoms with E-state index in [1.165, 1.54) is 13.2 Å². The van der Waals surface area contributed by atoms with Gasteiger partial charge in [0.25, 0.3) is 0 Å². The number of halogens is 2. The number of methoxy groups -OCH3 is 1. The van der Waals surface area contributed by atoms with Gasteiger partial charge < -0.3 is 10.1 Å². The van der Waals surface area contributed by atoms with E-state index in [1.54, 1.807) is 24.5 Å². The van der Waals surface area contributed by atoms with Crippen molar-refractivity contribution in [2.75, 3.05) is 13.7 Å². The van der Waals surface area contributed by atoms with Crippen molar-refractivity contribution in [3.05, 3.63) is 52.7 Å². The molecule has 0 spiro atoms. The monoisotopic (exact) mass is 295 g/mol. The Bertz CT molecular complexity index is 594. The number of ether oxygens (including phenoxy) is 1. The van der Waals surface area contributed by atoms with Crippen LogP contribution in [-0.4, -0.2) is 23.6 Å². The Morgan fingerprint density at radius 2 is 2.10 bits per heavy atom. The highest BCUT2D eigenvalue weighted by Gasteiger charge is 2.20. The molecule has 2 rings (SSSR count). The number of hydrogen-bond donors (Lipinski definition) is 1. The lowest BCUT2D eigenvalue weighted by Crippen LogP contribution is -2.24. The second-order valence-corrected chi connectivity index (χ2v) is 4.52. The smallest absolute Gasteiger partial charge is 0.237 e. The molecule has 4 nitrogen and oxygen atoms in total. The number of rotatable bonds is 5. The van der Waals surface area contributed by atoms with Gasteiger partial charge in [-0.25, -0.2) is 9.37 Å². The van der Waals surface area contributed by atoms with E-state index in [9.17, 15) is 4.39 Å². The Hall–Kier alpha value is -1.72. The second kappa shape index (κ2) is 6.63. The standard InChI is InChI=1S/C14H15ClFN3O/c1-3-17-12(9-4-5-11(16)10(15)8-9)13-14(20-2)19-7-6-18-13/h4-8,12,17H,3H2,1-2H3. The number of nitrogens with zero attached hydrogens (tertiary/aromatic N) is 2. The first kappa shape index (κ1) is 14.7. The minimum Gasteiger partial charge on any atom is -0.480 e. The van der Waals surface area contributed by atoms with Crippen LogP contribution in [0.15, 0.2) is 30.6 Å². The quantitative estimate of drug-likeness (QED) is 0.921. The summed E-state index contributed by atoms with van der Waals surface area (Å²) in [5, 5.41) is 3.35. The third-order valence-electron chi connectivity index (χ3n) is 2.84. The van der Waals surface area contributed by atoms with Crippen molar-refractivity contribution in [3.8, 4) is 5.88 Å². The molecule has 1 atom stereocenters. The van der Waals surface area contributed by atoms with Crippen LogP contribution in [0.1, 0.15) is 24.2 Å². The Balaban J connectivity index is 2.47. The lowest BCUT2D eigenvalue weighted by atomic mass is 10.0. The fourth-order valence-corrected chi connectivity index (χ4v) is 2.15. The molecule has 0 aliphatic carbocycles. The van der Waals surface area contributed by atoms with Gasteiger partial charge in [0.1, 0.15) is 11.5 Å². The summed E-state index contributed by atoms with van der Waals surface area (Å²) in [6.45, 7) is 2.68. The Morgan fingerprint density at radius 1 is 1.35 bits per heavy atom. The third kappa shape index (κ3) is 3.05. The molecule has 0 bridgehead atoms. The van der Waals surface area contributed by atoms with Crippen LogP contribution in [0, 0.1) is 5.82 Å². The molecular formula is C14H15ClFN3O. The lowest BCUT2D eigenvalue weighted by Gasteiger charge is -2.19. The van der Waals surface area contributed by atoms with Crippen LogP contribution >= 0.6 is 11.6 Å². The Kier molecular flexibility index (Phi) is 4.87. The summed E-state index contributed by atoms with van der Waals surface area (Å²) in [5.74, 6) is -0.0179. The number of aromatic nitrogens is 2.